The number of ether oxygens (including phenoxy) is 1. The highest BCUT2D eigenvalue weighted by Crippen LogP contribution is 2.30. The SMILES string of the molecule is Cc1cnc(Cl)cc1CCC(=O)[C@@H]1C[C@@H](F)[C@H](C)N1.Cc1cnc(Cl)cc1CCC(=O)[C@@H]1C[C@@H](F)[C@H](C)N1C(=O)OC(C)(C)C.Cl. The van der Waals surface area contributed by atoms with Gasteiger partial charge in [-0.1, -0.05) is 23.2 Å². The molecule has 2 aromatic heterocycles. The molecule has 2 aliphatic heterocycles. The van der Waals surface area contributed by atoms with Gasteiger partial charge in [-0.2, -0.15) is 0 Å². The van der Waals surface area contributed by atoms with Crippen LogP contribution in [0, 0.1) is 13.8 Å². The Balaban J connectivity index is 0.000000328. The predicted molar refractivity (Wildman–Crippen MR) is 179 cm³/mol. The number of Topliss-reactive ketones (excluding diaryl/α,β-unsaturated/α-hetero) is 2. The number of nitrogens with zero attached hydrogens (tertiary/aromatic N) is 3. The number of aryl methyl sites for hydroxylation is 4. The zero-order valence-electron chi connectivity index (χ0n) is 27.4. The van der Waals surface area contributed by atoms with Crippen molar-refractivity contribution in [1.82, 2.24) is 20.2 Å². The Morgan fingerprint density at radius 1 is 0.913 bits per heavy atom. The van der Waals surface area contributed by atoms with E-state index in [0.29, 0.717) is 29.6 Å². The summed E-state index contributed by atoms with van der Waals surface area (Å²) in [5.41, 5.74) is 3.20. The van der Waals surface area contributed by atoms with Crippen molar-refractivity contribution in [2.24, 2.45) is 0 Å². The number of ketones is 2. The molecule has 0 radical (unpaired) electrons. The Morgan fingerprint density at radius 2 is 1.41 bits per heavy atom. The highest BCUT2D eigenvalue weighted by atomic mass is 35.5. The molecule has 6 atom stereocenters. The number of carbonyl (C=O) groups is 3. The molecule has 2 saturated heterocycles. The Morgan fingerprint density at radius 3 is 1.87 bits per heavy atom. The number of amides is 1. The van der Waals surface area contributed by atoms with Gasteiger partial charge >= 0.3 is 6.09 Å². The van der Waals surface area contributed by atoms with E-state index in [9.17, 15) is 23.2 Å². The van der Waals surface area contributed by atoms with Gasteiger partial charge in [0.1, 0.15) is 34.0 Å². The van der Waals surface area contributed by atoms with Crippen LogP contribution in [0.5, 0.6) is 0 Å². The molecule has 0 aromatic carbocycles. The van der Waals surface area contributed by atoms with Gasteiger partial charge in [-0.3, -0.25) is 14.5 Å². The summed E-state index contributed by atoms with van der Waals surface area (Å²) in [6, 6.07) is 1.45. The number of hydrogen-bond acceptors (Lipinski definition) is 7. The van der Waals surface area contributed by atoms with Crippen LogP contribution in [0.2, 0.25) is 10.3 Å². The first-order valence-corrected chi connectivity index (χ1v) is 16.0. The number of aromatic nitrogens is 2. The average Bonchev–Trinajstić information content (AvgIpc) is 3.45. The second-order valence-corrected chi connectivity index (χ2v) is 13.7. The van der Waals surface area contributed by atoms with Gasteiger partial charge in [-0.25, -0.2) is 23.5 Å². The molecule has 0 spiro atoms. The molecule has 0 unspecified atom stereocenters. The van der Waals surface area contributed by atoms with Gasteiger partial charge in [-0.15, -0.1) is 12.4 Å². The van der Waals surface area contributed by atoms with Gasteiger partial charge in [0.25, 0.3) is 0 Å². The highest BCUT2D eigenvalue weighted by Gasteiger charge is 2.46. The number of nitrogens with one attached hydrogen (secondary N) is 1. The van der Waals surface area contributed by atoms with Crippen LogP contribution in [-0.4, -0.2) is 74.6 Å². The first-order chi connectivity index (χ1) is 21.0. The molecule has 13 heteroatoms. The van der Waals surface area contributed by atoms with Gasteiger partial charge in [0, 0.05) is 44.1 Å². The maximum atomic E-state index is 14.2. The van der Waals surface area contributed by atoms with E-state index in [4.69, 9.17) is 27.9 Å². The fourth-order valence-electron chi connectivity index (χ4n) is 5.49. The van der Waals surface area contributed by atoms with Crippen molar-refractivity contribution in [3.05, 3.63) is 57.1 Å². The van der Waals surface area contributed by atoms with Crippen LogP contribution in [0.15, 0.2) is 24.5 Å². The summed E-state index contributed by atoms with van der Waals surface area (Å²) in [4.78, 5) is 46.4. The normalized spacial score (nSPS) is 24.1. The zero-order valence-corrected chi connectivity index (χ0v) is 29.7. The van der Waals surface area contributed by atoms with Crippen LogP contribution >= 0.6 is 35.6 Å². The molecule has 2 aromatic rings. The molecular formula is C33H45Cl3F2N4O4. The maximum absolute atomic E-state index is 14.2. The van der Waals surface area contributed by atoms with Crippen LogP contribution in [-0.2, 0) is 27.2 Å². The van der Waals surface area contributed by atoms with Crippen LogP contribution in [0.3, 0.4) is 0 Å². The predicted octanol–water partition coefficient (Wildman–Crippen LogP) is 7.34. The minimum atomic E-state index is -1.24. The summed E-state index contributed by atoms with van der Waals surface area (Å²) in [6.07, 6.45) is 2.54. The lowest BCUT2D eigenvalue weighted by atomic mass is 10.00. The van der Waals surface area contributed by atoms with E-state index in [1.54, 1.807) is 59.1 Å². The van der Waals surface area contributed by atoms with Gasteiger partial charge in [0.15, 0.2) is 5.78 Å². The van der Waals surface area contributed by atoms with Crippen LogP contribution < -0.4 is 5.32 Å². The smallest absolute Gasteiger partial charge is 0.411 e. The van der Waals surface area contributed by atoms with Gasteiger partial charge in [0.2, 0.25) is 0 Å². The van der Waals surface area contributed by atoms with Crippen LogP contribution in [0.1, 0.15) is 82.6 Å². The van der Waals surface area contributed by atoms with Crippen molar-refractivity contribution < 1.29 is 27.9 Å². The lowest BCUT2D eigenvalue weighted by Gasteiger charge is -2.30. The summed E-state index contributed by atoms with van der Waals surface area (Å²) in [5.74, 6) is -0.102. The molecule has 2 fully saturated rings. The standard InChI is InChI=1S/C19H26ClFN2O3.C14H18ClFN2O.ClH/c1-11-10-22-17(20)8-13(11)6-7-16(24)15-9-14(21)12(2)23(15)18(25)26-19(3,4)5;1-8-7-17-14(15)5-10(8)3-4-13(19)12-6-11(16)9(2)18-12;/h8,10,12,14-15H,6-7,9H2,1-5H3;5,7,9,11-12,18H,3-4,6H2,1-2H3;1H/t12-,14+,15-;9-,11+,12-;/m00./s1. The second-order valence-electron chi connectivity index (χ2n) is 13.0. The Hall–Kier alpha value is -2.40. The van der Waals surface area contributed by atoms with E-state index in [1.165, 1.54) is 4.90 Å². The third-order valence-electron chi connectivity index (χ3n) is 8.22. The topological polar surface area (TPSA) is 101 Å². The molecule has 0 aliphatic carbocycles. The zero-order chi connectivity index (χ0) is 33.6. The number of alkyl halides is 2. The van der Waals surface area contributed by atoms with Gasteiger partial charge in [0.05, 0.1) is 18.1 Å². The Bertz CT molecular complexity index is 1370. The van der Waals surface area contributed by atoms with Crippen LogP contribution in [0.25, 0.3) is 0 Å². The summed E-state index contributed by atoms with van der Waals surface area (Å²) in [7, 11) is 0. The fraction of sp³-hybridized carbons (Fsp3) is 0.606. The first-order valence-electron chi connectivity index (χ1n) is 15.3. The second kappa shape index (κ2) is 17.1. The first kappa shape index (κ1) is 39.8. The van der Waals surface area contributed by atoms with E-state index in [0.717, 1.165) is 22.3 Å². The third-order valence-corrected chi connectivity index (χ3v) is 8.64. The third kappa shape index (κ3) is 11.1. The van der Waals surface area contributed by atoms with Gasteiger partial charge < -0.3 is 10.1 Å². The van der Waals surface area contributed by atoms with Crippen molar-refractivity contribution >= 4 is 53.3 Å². The number of rotatable bonds is 8. The number of halogens is 5. The molecule has 0 saturated carbocycles. The number of pyridine rings is 2. The fourth-order valence-corrected chi connectivity index (χ4v) is 5.85. The Kier molecular flexibility index (Phi) is 14.8. The van der Waals surface area contributed by atoms with Crippen molar-refractivity contribution in [3.63, 3.8) is 0 Å². The van der Waals surface area contributed by atoms with E-state index >= 15 is 0 Å². The van der Waals surface area contributed by atoms with E-state index in [-0.39, 0.29) is 55.3 Å². The largest absolute Gasteiger partial charge is 0.444 e. The van der Waals surface area contributed by atoms with Crippen molar-refractivity contribution in [1.29, 1.82) is 0 Å². The molecule has 1 N–H and O–H groups in total. The average molecular weight is 706 g/mol. The Labute approximate surface area is 286 Å². The lowest BCUT2D eigenvalue weighted by molar-refractivity contribution is -0.123. The van der Waals surface area contributed by atoms with Gasteiger partial charge in [-0.05, 0) is 95.7 Å². The maximum Gasteiger partial charge on any atom is 0.411 e. The number of likely N-dealkylation sites (tertiary alicyclic amines) is 1. The molecule has 2 aliphatic rings. The van der Waals surface area contributed by atoms with E-state index < -0.39 is 36.1 Å². The quantitative estimate of drug-likeness (QED) is 0.287. The molecule has 8 nitrogen and oxygen atoms in total. The molecule has 4 rings (SSSR count). The van der Waals surface area contributed by atoms with Crippen molar-refractivity contribution in [2.45, 2.75) is 129 Å². The molecule has 46 heavy (non-hydrogen) atoms. The summed E-state index contributed by atoms with van der Waals surface area (Å²) < 4.78 is 33.0. The highest BCUT2D eigenvalue weighted by molar-refractivity contribution is 6.29. The van der Waals surface area contributed by atoms with Crippen LogP contribution in [0.4, 0.5) is 13.6 Å². The summed E-state index contributed by atoms with van der Waals surface area (Å²) in [5, 5.41) is 3.80. The summed E-state index contributed by atoms with van der Waals surface area (Å²) in [6.45, 7) is 12.4. The van der Waals surface area contributed by atoms with E-state index in [1.807, 2.05) is 13.8 Å². The minimum absolute atomic E-state index is 0. The van der Waals surface area contributed by atoms with E-state index in [2.05, 4.69) is 15.3 Å². The number of hydrogen-bond donors (Lipinski definition) is 1. The molecule has 4 heterocycles. The summed E-state index contributed by atoms with van der Waals surface area (Å²) >= 11 is 11.7. The lowest BCUT2D eigenvalue weighted by Crippen LogP contribution is -2.47. The van der Waals surface area contributed by atoms with Crippen molar-refractivity contribution in [2.75, 3.05) is 0 Å². The monoisotopic (exact) mass is 704 g/mol. The van der Waals surface area contributed by atoms with Crippen molar-refractivity contribution in [3.8, 4) is 0 Å². The molecule has 0 bridgehead atoms. The molecule has 1 amide bonds. The minimum Gasteiger partial charge on any atom is -0.444 e. The number of carbonyl (C=O) groups excluding carboxylic acids is 3. The molecule has 256 valence electrons. The molecular weight excluding hydrogens is 661 g/mol.